The minimum atomic E-state index is -6.92. The van der Waals surface area contributed by atoms with Crippen molar-refractivity contribution in [1.82, 2.24) is 0 Å². The van der Waals surface area contributed by atoms with Gasteiger partial charge in [-0.3, -0.25) is 14.3 Å². The molecule has 1 rings (SSSR count). The van der Waals surface area contributed by atoms with E-state index < -0.39 is 192 Å². The van der Waals surface area contributed by atoms with Crippen molar-refractivity contribution in [2.24, 2.45) is 5.92 Å². The number of carbonyl (C=O) groups excluding carboxylic acids is 2. The molecular formula is C34H33F33O10. The van der Waals surface area contributed by atoms with Crippen LogP contribution in [0.1, 0.15) is 52.9 Å². The zero-order chi connectivity index (χ0) is 61.7. The zero-order valence-electron chi connectivity index (χ0n) is 37.5. The van der Waals surface area contributed by atoms with Crippen LogP contribution in [0.4, 0.5) is 145 Å². The van der Waals surface area contributed by atoms with Crippen molar-refractivity contribution < 1.29 is 192 Å². The Balaban J connectivity index is 0.00000331. The minimum Gasteiger partial charge on any atom is -0.459 e. The second-order valence-electron chi connectivity index (χ2n) is 15.9. The summed E-state index contributed by atoms with van der Waals surface area (Å²) in [5, 5.41) is 0. The van der Waals surface area contributed by atoms with E-state index in [2.05, 4.69) is 37.9 Å². The van der Waals surface area contributed by atoms with E-state index in [9.17, 15) is 150 Å². The molecule has 43 heteroatoms. The Morgan fingerprint density at radius 1 is 0.558 bits per heavy atom. The maximum absolute atomic E-state index is 15.1. The normalized spacial score (nSPS) is 20.9. The summed E-state index contributed by atoms with van der Waals surface area (Å²) in [5.74, 6) is -42.8. The molecule has 10 nitrogen and oxygen atoms in total. The average molecular weight is 1230 g/mol. The third-order valence-electron chi connectivity index (χ3n) is 8.50. The molecule has 0 aromatic carbocycles. The predicted octanol–water partition coefficient (Wildman–Crippen LogP) is 13.0. The van der Waals surface area contributed by atoms with Crippen molar-refractivity contribution in [3.05, 3.63) is 0 Å². The molecule has 0 aromatic heterocycles. The molecule has 1 aliphatic rings. The fourth-order valence-corrected chi connectivity index (χ4v) is 5.20. The van der Waals surface area contributed by atoms with E-state index in [0.717, 1.165) is 0 Å². The summed E-state index contributed by atoms with van der Waals surface area (Å²) in [6, 6.07) is 0. The van der Waals surface area contributed by atoms with Crippen LogP contribution in [0, 0.1) is 5.92 Å². The largest absolute Gasteiger partial charge is 0.460 e. The van der Waals surface area contributed by atoms with Gasteiger partial charge in [0.25, 0.3) is 23.4 Å². The highest BCUT2D eigenvalue weighted by Gasteiger charge is 2.84. The van der Waals surface area contributed by atoms with Crippen molar-refractivity contribution in [2.45, 2.75) is 155 Å². The van der Waals surface area contributed by atoms with E-state index in [-0.39, 0.29) is 13.8 Å². The second kappa shape index (κ2) is 24.2. The summed E-state index contributed by atoms with van der Waals surface area (Å²) in [5.41, 5.74) is -6.27. The van der Waals surface area contributed by atoms with Gasteiger partial charge in [0.1, 0.15) is 45.7 Å². The number of esters is 2. The van der Waals surface area contributed by atoms with Crippen LogP contribution in [-0.2, 0) is 47.5 Å². The smallest absolute Gasteiger partial charge is 0.459 e. The van der Waals surface area contributed by atoms with Gasteiger partial charge >= 0.3 is 84.8 Å². The standard InChI is InChI=1S/C28H27F25O9.C6H6F8O/c1-13(54)58-10-18(33,34)7-21(38,39)61-22(40,41)11-56-5-14-3-4-19(35,26(47,48)24(14,44)45)28(52,53)62-23(42,43)12-57-9-17(31,32)6-20(36,37)60-15(55)25(46,27(49,50)51)59-8-16(2,29)30;1-3(6(12,13)14)15-5(10,11)2-4(7,8)9/h14H,3-12H2,1-2H3;3H,2H2,1H3. The molecular weight excluding hydrogens is 1200 g/mol. The minimum absolute atomic E-state index is 0.199. The van der Waals surface area contributed by atoms with Gasteiger partial charge in [-0.15, -0.1) is 0 Å². The first-order chi connectivity index (χ1) is 33.4. The van der Waals surface area contributed by atoms with Gasteiger partial charge in [0.05, 0.1) is 12.5 Å². The SMILES string of the molecule is CC(=O)OCC(F)(F)CC(F)(F)OC(F)(F)COCC1CCC(F)(C(F)(F)OC(F)(F)COCC(F)(F)CC(F)(F)OC(=O)C(F)(OCC(C)(F)F)C(F)(F)F)C(F)(F)C1(F)F.CC(OC(F)(F)CC(F)(F)F)C(F)(F)F. The van der Waals surface area contributed by atoms with Crippen LogP contribution < -0.4 is 0 Å². The Bertz CT molecular complexity index is 1900. The van der Waals surface area contributed by atoms with E-state index in [4.69, 9.17) is 0 Å². The Labute approximate surface area is 405 Å². The topological polar surface area (TPSA) is 108 Å². The van der Waals surface area contributed by atoms with Gasteiger partial charge in [0.15, 0.2) is 12.7 Å². The average Bonchev–Trinajstić information content (AvgIpc) is 3.12. The third-order valence-corrected chi connectivity index (χ3v) is 8.50. The maximum atomic E-state index is 15.1. The van der Waals surface area contributed by atoms with Crippen molar-refractivity contribution >= 4 is 11.9 Å². The van der Waals surface area contributed by atoms with Crippen LogP contribution in [0.5, 0.6) is 0 Å². The number of halogens is 33. The lowest BCUT2D eigenvalue weighted by atomic mass is 9.73. The lowest BCUT2D eigenvalue weighted by Gasteiger charge is -2.48. The lowest BCUT2D eigenvalue weighted by Crippen LogP contribution is -2.71. The number of carbonyl (C=O) groups is 2. The lowest BCUT2D eigenvalue weighted by molar-refractivity contribution is -0.461. The van der Waals surface area contributed by atoms with Crippen LogP contribution in [0.15, 0.2) is 0 Å². The summed E-state index contributed by atoms with van der Waals surface area (Å²) in [4.78, 5) is 21.9. The molecule has 1 saturated carbocycles. The van der Waals surface area contributed by atoms with Gasteiger partial charge in [-0.1, -0.05) is 0 Å². The zero-order valence-corrected chi connectivity index (χ0v) is 37.5. The molecule has 460 valence electrons. The number of hydrogen-bond acceptors (Lipinski definition) is 10. The number of alkyl halides is 33. The molecule has 0 bridgehead atoms. The molecule has 0 radical (unpaired) electrons. The molecule has 4 unspecified atom stereocenters. The number of hydrogen-bond donors (Lipinski definition) is 0. The number of ether oxygens (including phenoxy) is 8. The van der Waals surface area contributed by atoms with Gasteiger partial charge in [-0.2, -0.15) is 114 Å². The van der Waals surface area contributed by atoms with Crippen LogP contribution >= 0.6 is 0 Å². The monoisotopic (exact) mass is 1230 g/mol. The van der Waals surface area contributed by atoms with E-state index in [1.165, 1.54) is 0 Å². The van der Waals surface area contributed by atoms with Crippen LogP contribution in [0.25, 0.3) is 0 Å². The highest BCUT2D eigenvalue weighted by molar-refractivity contribution is 5.79. The van der Waals surface area contributed by atoms with Crippen molar-refractivity contribution in [3.8, 4) is 0 Å². The summed E-state index contributed by atoms with van der Waals surface area (Å²) in [6.45, 7) is -15.2. The maximum Gasteiger partial charge on any atom is 0.460 e. The van der Waals surface area contributed by atoms with Gasteiger partial charge in [-0.25, -0.2) is 35.5 Å². The first kappa shape index (κ1) is 73.4. The molecule has 4 atom stereocenters. The van der Waals surface area contributed by atoms with Gasteiger partial charge in [0, 0.05) is 13.8 Å². The fourth-order valence-electron chi connectivity index (χ4n) is 5.20. The molecule has 0 N–H and O–H groups in total. The molecule has 0 heterocycles. The highest BCUT2D eigenvalue weighted by atomic mass is 19.4. The van der Waals surface area contributed by atoms with Gasteiger partial charge < -0.3 is 28.4 Å². The van der Waals surface area contributed by atoms with Crippen LogP contribution in [0.2, 0.25) is 0 Å². The van der Waals surface area contributed by atoms with E-state index in [1.54, 1.807) is 0 Å². The molecule has 0 aliphatic heterocycles. The van der Waals surface area contributed by atoms with Crippen LogP contribution in [-0.4, -0.2) is 154 Å². The van der Waals surface area contributed by atoms with E-state index >= 15 is 4.39 Å². The summed E-state index contributed by atoms with van der Waals surface area (Å²) < 4.78 is 466. The van der Waals surface area contributed by atoms with E-state index in [0.29, 0.717) is 6.92 Å². The first-order valence-electron chi connectivity index (χ1n) is 19.4. The van der Waals surface area contributed by atoms with Gasteiger partial charge in [0.2, 0.25) is 0 Å². The van der Waals surface area contributed by atoms with Crippen LogP contribution in [0.3, 0.4) is 0 Å². The molecule has 77 heavy (non-hydrogen) atoms. The Morgan fingerprint density at radius 2 is 1.01 bits per heavy atom. The first-order valence-corrected chi connectivity index (χ1v) is 19.4. The highest BCUT2D eigenvalue weighted by Crippen LogP contribution is 2.61. The molecule has 0 aromatic rings. The van der Waals surface area contributed by atoms with Crippen molar-refractivity contribution in [1.29, 1.82) is 0 Å². The number of rotatable bonds is 27. The second-order valence-corrected chi connectivity index (χ2v) is 15.9. The molecule has 1 aliphatic carbocycles. The summed E-state index contributed by atoms with van der Waals surface area (Å²) >= 11 is 0. The fraction of sp³-hybridized carbons (Fsp3) is 0.941. The molecule has 0 amide bonds. The van der Waals surface area contributed by atoms with E-state index in [1.807, 2.05) is 0 Å². The Kier molecular flexibility index (Phi) is 23.1. The third kappa shape index (κ3) is 23.2. The summed E-state index contributed by atoms with van der Waals surface area (Å²) in [6.07, 6.45) is -68.9. The van der Waals surface area contributed by atoms with Crippen molar-refractivity contribution in [2.75, 3.05) is 39.6 Å². The molecule has 1 fully saturated rings. The molecule has 0 spiro atoms. The Morgan fingerprint density at radius 3 is 1.45 bits per heavy atom. The van der Waals surface area contributed by atoms with Crippen molar-refractivity contribution in [3.63, 3.8) is 0 Å². The predicted molar refractivity (Wildman–Crippen MR) is 176 cm³/mol. The Hall–Kier alpha value is -3.61. The quantitative estimate of drug-likeness (QED) is 0.0583. The van der Waals surface area contributed by atoms with Gasteiger partial charge in [-0.05, 0) is 19.8 Å². The summed E-state index contributed by atoms with van der Waals surface area (Å²) in [7, 11) is 0. The molecule has 0 saturated heterocycles.